The predicted octanol–water partition coefficient (Wildman–Crippen LogP) is 1.13. The van der Waals surface area contributed by atoms with E-state index in [2.05, 4.69) is 40.4 Å². The monoisotopic (exact) mass is 174 g/mol. The largest absolute Gasteiger partial charge is 0.489 e. The van der Waals surface area contributed by atoms with Crippen LogP contribution in [0, 0.1) is 13.8 Å². The van der Waals surface area contributed by atoms with E-state index in [1.54, 1.807) is 6.08 Å². The van der Waals surface area contributed by atoms with Gasteiger partial charge in [0.15, 0.2) is 0 Å². The van der Waals surface area contributed by atoms with Crippen LogP contribution in [0.2, 0.25) is 0 Å². The number of rotatable bonds is 3. The molecule has 0 unspecified atom stereocenters. The molecule has 0 bridgehead atoms. The van der Waals surface area contributed by atoms with Crippen molar-refractivity contribution in [1.29, 1.82) is 0 Å². The average molecular weight is 174 g/mol. The van der Waals surface area contributed by atoms with Gasteiger partial charge in [-0.1, -0.05) is 30.3 Å². The van der Waals surface area contributed by atoms with Crippen LogP contribution in [0.4, 0.5) is 0 Å². The molecular weight excluding hydrogens is 159 g/mol. The van der Waals surface area contributed by atoms with Gasteiger partial charge >= 0.3 is 0 Å². The van der Waals surface area contributed by atoms with Crippen LogP contribution in [0.5, 0.6) is 5.75 Å². The minimum absolute atomic E-state index is 0.574. The van der Waals surface area contributed by atoms with Crippen molar-refractivity contribution in [2.24, 2.45) is 0 Å². The van der Waals surface area contributed by atoms with Crippen molar-refractivity contribution in [2.45, 2.75) is 13.8 Å². The van der Waals surface area contributed by atoms with Crippen molar-refractivity contribution in [3.63, 3.8) is 0 Å². The fraction of sp³-hybridized carbons (Fsp3) is 0.273. The van der Waals surface area contributed by atoms with Crippen molar-refractivity contribution in [1.82, 2.24) is 0 Å². The molecule has 0 radical (unpaired) electrons. The Bertz CT molecular complexity index is 295. The number of benzene rings is 1. The molecule has 0 N–H and O–H groups in total. The fourth-order valence-corrected chi connectivity index (χ4v) is 1.54. The predicted molar refractivity (Wildman–Crippen MR) is 59.8 cm³/mol. The average Bonchev–Trinajstić information content (AvgIpc) is 2.02. The summed E-state index contributed by atoms with van der Waals surface area (Å²) in [4.78, 5) is 0. The fourth-order valence-electron chi connectivity index (χ4n) is 1.54. The lowest BCUT2D eigenvalue weighted by Crippen LogP contribution is -2.06. The zero-order valence-corrected chi connectivity index (χ0v) is 8.55. The summed E-state index contributed by atoms with van der Waals surface area (Å²) in [6.07, 6.45) is 1.76. The van der Waals surface area contributed by atoms with Crippen molar-refractivity contribution in [3.8, 4) is 5.75 Å². The third-order valence-corrected chi connectivity index (χ3v) is 1.95. The van der Waals surface area contributed by atoms with E-state index in [-0.39, 0.29) is 0 Å². The molecule has 0 spiro atoms. The Hall–Kier alpha value is -1.18. The molecule has 13 heavy (non-hydrogen) atoms. The summed E-state index contributed by atoms with van der Waals surface area (Å²) in [7, 11) is 2.09. The lowest BCUT2D eigenvalue weighted by Gasteiger charge is -2.11. The first-order valence-electron chi connectivity index (χ1n) is 4.46. The van der Waals surface area contributed by atoms with Crippen molar-refractivity contribution in [2.75, 3.05) is 6.61 Å². The molecule has 0 atom stereocenters. The Labute approximate surface area is 80.8 Å². The lowest BCUT2D eigenvalue weighted by atomic mass is 9.92. The molecular formula is C11H15BO. The number of hydrogen-bond donors (Lipinski definition) is 0. The maximum Gasteiger partial charge on any atom is 0.139 e. The van der Waals surface area contributed by atoms with Crippen LogP contribution in [0.1, 0.15) is 11.1 Å². The normalized spacial score (nSPS) is 9.69. The van der Waals surface area contributed by atoms with Gasteiger partial charge in [-0.15, -0.1) is 0 Å². The van der Waals surface area contributed by atoms with Gasteiger partial charge in [-0.3, -0.25) is 0 Å². The van der Waals surface area contributed by atoms with Crippen molar-refractivity contribution in [3.05, 3.63) is 35.9 Å². The van der Waals surface area contributed by atoms with Crippen LogP contribution >= 0.6 is 0 Å². The summed E-state index contributed by atoms with van der Waals surface area (Å²) >= 11 is 0. The molecule has 1 nitrogen and oxygen atoms in total. The van der Waals surface area contributed by atoms with E-state index in [9.17, 15) is 0 Å². The highest BCUT2D eigenvalue weighted by Gasteiger charge is 2.03. The first-order valence-corrected chi connectivity index (χ1v) is 4.46. The minimum Gasteiger partial charge on any atom is -0.489 e. The van der Waals surface area contributed by atoms with Crippen LogP contribution in [-0.4, -0.2) is 14.5 Å². The van der Waals surface area contributed by atoms with E-state index in [4.69, 9.17) is 4.74 Å². The van der Waals surface area contributed by atoms with Gasteiger partial charge in [-0.25, -0.2) is 0 Å². The summed E-state index contributed by atoms with van der Waals surface area (Å²) in [5, 5.41) is 0. The number of aryl methyl sites for hydroxylation is 2. The molecule has 0 aliphatic rings. The first-order chi connectivity index (χ1) is 6.15. The van der Waals surface area contributed by atoms with Gasteiger partial charge in [-0.2, -0.15) is 0 Å². The van der Waals surface area contributed by atoms with Crippen molar-refractivity contribution >= 4 is 13.3 Å². The molecule has 2 heteroatoms. The Morgan fingerprint density at radius 1 is 1.38 bits per heavy atom. The highest BCUT2D eigenvalue weighted by molar-refractivity contribution is 6.32. The standard InChI is InChI=1S/C11H15BO/c1-4-5-13-11-8(2)6-10(12)7-9(11)3/h4,6-7H,1,5,12H2,2-3H3. The zero-order chi connectivity index (χ0) is 9.84. The Kier molecular flexibility index (Phi) is 3.18. The SMILES string of the molecule is Bc1cc(C)c(OCC=C)c(C)c1. The molecule has 1 aromatic rings. The van der Waals surface area contributed by atoms with E-state index in [1.807, 2.05) is 0 Å². The Balaban J connectivity index is 2.98. The molecule has 0 aromatic heterocycles. The highest BCUT2D eigenvalue weighted by Crippen LogP contribution is 2.20. The lowest BCUT2D eigenvalue weighted by molar-refractivity contribution is 0.358. The van der Waals surface area contributed by atoms with Crippen LogP contribution in [-0.2, 0) is 0 Å². The molecule has 0 saturated carbocycles. The van der Waals surface area contributed by atoms with E-state index in [0.29, 0.717) is 6.61 Å². The molecule has 0 amide bonds. The minimum atomic E-state index is 0.574. The van der Waals surface area contributed by atoms with Gasteiger partial charge in [0.05, 0.1) is 0 Å². The quantitative estimate of drug-likeness (QED) is 0.493. The number of hydrogen-bond acceptors (Lipinski definition) is 1. The van der Waals surface area contributed by atoms with E-state index in [0.717, 1.165) is 5.75 Å². The van der Waals surface area contributed by atoms with E-state index < -0.39 is 0 Å². The molecule has 0 saturated heterocycles. The second-order valence-corrected chi connectivity index (χ2v) is 3.33. The summed E-state index contributed by atoms with van der Waals surface area (Å²) < 4.78 is 5.55. The van der Waals surface area contributed by atoms with Gasteiger partial charge < -0.3 is 4.74 Å². The maximum absolute atomic E-state index is 5.55. The first kappa shape index (κ1) is 9.91. The summed E-state index contributed by atoms with van der Waals surface area (Å²) in [6, 6.07) is 4.26. The molecule has 1 rings (SSSR count). The van der Waals surface area contributed by atoms with E-state index >= 15 is 0 Å². The second kappa shape index (κ2) is 4.17. The third kappa shape index (κ3) is 2.38. The molecule has 0 aliphatic carbocycles. The Morgan fingerprint density at radius 3 is 2.38 bits per heavy atom. The summed E-state index contributed by atoms with van der Waals surface area (Å²) in [5.41, 5.74) is 3.67. The molecule has 0 aliphatic heterocycles. The maximum atomic E-state index is 5.55. The van der Waals surface area contributed by atoms with E-state index in [1.165, 1.54) is 16.6 Å². The Morgan fingerprint density at radius 2 is 1.92 bits per heavy atom. The van der Waals surface area contributed by atoms with Gasteiger partial charge in [0.2, 0.25) is 0 Å². The van der Waals surface area contributed by atoms with Gasteiger partial charge in [0.25, 0.3) is 0 Å². The smallest absolute Gasteiger partial charge is 0.139 e. The topological polar surface area (TPSA) is 9.23 Å². The van der Waals surface area contributed by atoms with Crippen LogP contribution < -0.4 is 10.2 Å². The highest BCUT2D eigenvalue weighted by atomic mass is 16.5. The number of ether oxygens (including phenoxy) is 1. The summed E-state index contributed by atoms with van der Waals surface area (Å²) in [5.74, 6) is 0.991. The van der Waals surface area contributed by atoms with Gasteiger partial charge in [0, 0.05) is 0 Å². The molecule has 68 valence electrons. The molecule has 1 aromatic carbocycles. The van der Waals surface area contributed by atoms with Gasteiger partial charge in [0.1, 0.15) is 20.2 Å². The third-order valence-electron chi connectivity index (χ3n) is 1.95. The molecule has 0 heterocycles. The zero-order valence-electron chi connectivity index (χ0n) is 8.55. The van der Waals surface area contributed by atoms with Crippen molar-refractivity contribution < 1.29 is 4.74 Å². The summed E-state index contributed by atoms with van der Waals surface area (Å²) in [6.45, 7) is 8.34. The van der Waals surface area contributed by atoms with Crippen LogP contribution in [0.15, 0.2) is 24.8 Å². The second-order valence-electron chi connectivity index (χ2n) is 3.33. The van der Waals surface area contributed by atoms with Crippen LogP contribution in [0.25, 0.3) is 0 Å². The molecule has 0 fully saturated rings. The van der Waals surface area contributed by atoms with Gasteiger partial charge in [-0.05, 0) is 25.0 Å². The van der Waals surface area contributed by atoms with Crippen LogP contribution in [0.3, 0.4) is 0 Å².